The third kappa shape index (κ3) is 4.62. The van der Waals surface area contributed by atoms with E-state index in [-0.39, 0.29) is 0 Å². The molecule has 1 N–H and O–H groups in total. The molecule has 0 aliphatic carbocycles. The van der Waals surface area contributed by atoms with Crippen LogP contribution in [-0.2, 0) is 4.74 Å². The molecule has 2 nitrogen and oxygen atoms in total. The highest BCUT2D eigenvalue weighted by Crippen LogP contribution is 2.06. The Morgan fingerprint density at radius 1 is 1.55 bits per heavy atom. The summed E-state index contributed by atoms with van der Waals surface area (Å²) in [5.41, 5.74) is 0.799. The minimum Gasteiger partial charge on any atom is -0.491 e. The molecule has 0 rings (SSSR count). The smallest absolute Gasteiger partial charge is 0.114 e. The number of hydrogen-bond acceptors (Lipinski definition) is 2. The zero-order valence-electron chi connectivity index (χ0n) is 7.26. The van der Waals surface area contributed by atoms with Crippen LogP contribution in [0.1, 0.15) is 20.3 Å². The number of allylic oxidation sites excluding steroid dienone is 1. The fourth-order valence-corrected chi connectivity index (χ4v) is 0.438. The molecular formula is C9H16O2. The van der Waals surface area contributed by atoms with Gasteiger partial charge in [0.05, 0.1) is 6.10 Å². The maximum atomic E-state index is 9.09. The second-order valence-corrected chi connectivity index (χ2v) is 2.58. The molecule has 0 saturated carbocycles. The van der Waals surface area contributed by atoms with Gasteiger partial charge in [-0.1, -0.05) is 20.1 Å². The number of rotatable bonds is 5. The Morgan fingerprint density at radius 2 is 2.09 bits per heavy atom. The van der Waals surface area contributed by atoms with Crippen molar-refractivity contribution < 1.29 is 9.84 Å². The van der Waals surface area contributed by atoms with Gasteiger partial charge in [-0.25, -0.2) is 0 Å². The average molecular weight is 156 g/mol. The molecule has 0 aliphatic heterocycles. The van der Waals surface area contributed by atoms with Gasteiger partial charge in [0.15, 0.2) is 0 Å². The van der Waals surface area contributed by atoms with E-state index in [9.17, 15) is 0 Å². The predicted octanol–water partition coefficient (Wildman–Crippen LogP) is 1.86. The topological polar surface area (TPSA) is 29.5 Å². The van der Waals surface area contributed by atoms with Gasteiger partial charge in [0.25, 0.3) is 0 Å². The lowest BCUT2D eigenvalue weighted by atomic mass is 10.3. The van der Waals surface area contributed by atoms with Gasteiger partial charge < -0.3 is 9.84 Å². The highest BCUT2D eigenvalue weighted by molar-refractivity contribution is 5.15. The second kappa shape index (κ2) is 4.97. The van der Waals surface area contributed by atoms with Crippen LogP contribution in [0.4, 0.5) is 0 Å². The van der Waals surface area contributed by atoms with Gasteiger partial charge in [-0.05, 0) is 18.9 Å². The zero-order chi connectivity index (χ0) is 8.85. The first-order valence-corrected chi connectivity index (χ1v) is 3.73. The predicted molar refractivity (Wildman–Crippen MR) is 46.2 cm³/mol. The van der Waals surface area contributed by atoms with Gasteiger partial charge >= 0.3 is 0 Å². The van der Waals surface area contributed by atoms with Crippen molar-refractivity contribution in [3.63, 3.8) is 0 Å². The summed E-state index contributed by atoms with van der Waals surface area (Å²) >= 11 is 0. The molecule has 0 saturated heterocycles. The Morgan fingerprint density at radius 3 is 2.45 bits per heavy atom. The molecule has 1 atom stereocenters. The van der Waals surface area contributed by atoms with Gasteiger partial charge in [0, 0.05) is 0 Å². The Labute approximate surface area is 68.2 Å². The van der Waals surface area contributed by atoms with Gasteiger partial charge in [-0.2, -0.15) is 0 Å². The number of aliphatic hydroxyl groups is 1. The van der Waals surface area contributed by atoms with Crippen molar-refractivity contribution in [1.82, 2.24) is 0 Å². The molecule has 0 aliphatic rings. The fraction of sp³-hybridized carbons (Fsp3) is 0.556. The monoisotopic (exact) mass is 156 g/mol. The van der Waals surface area contributed by atoms with Crippen LogP contribution in [0.5, 0.6) is 0 Å². The SMILES string of the molecule is C=C(C)C(=C)OCC(O)CC. The molecule has 1 unspecified atom stereocenters. The van der Waals surface area contributed by atoms with E-state index in [0.717, 1.165) is 5.57 Å². The standard InChI is InChI=1S/C9H16O2/c1-5-9(10)6-11-8(4)7(2)3/h9-10H,2,4-6H2,1,3H3. The van der Waals surface area contributed by atoms with E-state index in [1.807, 2.05) is 13.8 Å². The molecule has 0 amide bonds. The Kier molecular flexibility index (Phi) is 4.62. The summed E-state index contributed by atoms with van der Waals surface area (Å²) in [6, 6.07) is 0. The van der Waals surface area contributed by atoms with Gasteiger partial charge in [0.1, 0.15) is 12.4 Å². The molecule has 0 heterocycles. The quantitative estimate of drug-likeness (QED) is 0.486. The highest BCUT2D eigenvalue weighted by atomic mass is 16.5. The Bertz CT molecular complexity index is 150. The van der Waals surface area contributed by atoms with Gasteiger partial charge in [-0.15, -0.1) is 0 Å². The number of aliphatic hydroxyl groups excluding tert-OH is 1. The Balaban J connectivity index is 3.54. The average Bonchev–Trinajstić information content (AvgIpc) is 1.99. The minimum absolute atomic E-state index is 0.308. The summed E-state index contributed by atoms with van der Waals surface area (Å²) in [6.45, 7) is 11.3. The van der Waals surface area contributed by atoms with Crippen LogP contribution in [0.15, 0.2) is 24.5 Å². The van der Waals surface area contributed by atoms with Crippen LogP contribution < -0.4 is 0 Å². The zero-order valence-corrected chi connectivity index (χ0v) is 7.26. The van der Waals surface area contributed by atoms with Gasteiger partial charge in [0.2, 0.25) is 0 Å². The van der Waals surface area contributed by atoms with E-state index in [1.165, 1.54) is 0 Å². The van der Waals surface area contributed by atoms with Crippen molar-refractivity contribution in [1.29, 1.82) is 0 Å². The lowest BCUT2D eigenvalue weighted by molar-refractivity contribution is 0.0724. The molecule has 0 radical (unpaired) electrons. The van der Waals surface area contributed by atoms with Crippen molar-refractivity contribution in [2.45, 2.75) is 26.4 Å². The summed E-state index contributed by atoms with van der Waals surface area (Å²) in [7, 11) is 0. The second-order valence-electron chi connectivity index (χ2n) is 2.58. The van der Waals surface area contributed by atoms with E-state index in [4.69, 9.17) is 9.84 Å². The van der Waals surface area contributed by atoms with Crippen molar-refractivity contribution >= 4 is 0 Å². The third-order valence-electron chi connectivity index (χ3n) is 1.40. The first kappa shape index (κ1) is 10.2. The fourth-order valence-electron chi connectivity index (χ4n) is 0.438. The lowest BCUT2D eigenvalue weighted by Gasteiger charge is -2.11. The van der Waals surface area contributed by atoms with Crippen molar-refractivity contribution in [3.8, 4) is 0 Å². The summed E-state index contributed by atoms with van der Waals surface area (Å²) in [6.07, 6.45) is 0.301. The van der Waals surface area contributed by atoms with E-state index < -0.39 is 6.10 Å². The largest absolute Gasteiger partial charge is 0.491 e. The summed E-state index contributed by atoms with van der Waals surface area (Å²) in [5, 5.41) is 9.09. The number of ether oxygens (including phenoxy) is 1. The molecule has 0 aromatic carbocycles. The molecule has 0 bridgehead atoms. The van der Waals surface area contributed by atoms with Gasteiger partial charge in [-0.3, -0.25) is 0 Å². The molecule has 0 aromatic heterocycles. The lowest BCUT2D eigenvalue weighted by Crippen LogP contribution is -2.13. The van der Waals surface area contributed by atoms with Crippen molar-refractivity contribution in [2.24, 2.45) is 0 Å². The minimum atomic E-state index is -0.397. The molecule has 11 heavy (non-hydrogen) atoms. The number of hydrogen-bond donors (Lipinski definition) is 1. The van der Waals surface area contributed by atoms with Crippen LogP contribution in [0, 0.1) is 0 Å². The van der Waals surface area contributed by atoms with Crippen LogP contribution in [0.25, 0.3) is 0 Å². The summed E-state index contributed by atoms with van der Waals surface area (Å²) < 4.78 is 5.11. The third-order valence-corrected chi connectivity index (χ3v) is 1.40. The van der Waals surface area contributed by atoms with Crippen LogP contribution in [0.3, 0.4) is 0 Å². The van der Waals surface area contributed by atoms with E-state index >= 15 is 0 Å². The van der Waals surface area contributed by atoms with Crippen molar-refractivity contribution in [3.05, 3.63) is 24.5 Å². The molecule has 64 valence electrons. The Hall–Kier alpha value is -0.760. The van der Waals surface area contributed by atoms with E-state index in [1.54, 1.807) is 0 Å². The molecule has 2 heteroatoms. The first-order valence-electron chi connectivity index (χ1n) is 3.73. The first-order chi connectivity index (χ1) is 5.07. The molecular weight excluding hydrogens is 140 g/mol. The van der Waals surface area contributed by atoms with E-state index in [2.05, 4.69) is 13.2 Å². The summed E-state index contributed by atoms with van der Waals surface area (Å²) in [4.78, 5) is 0. The van der Waals surface area contributed by atoms with Crippen LogP contribution in [0.2, 0.25) is 0 Å². The van der Waals surface area contributed by atoms with E-state index in [0.29, 0.717) is 18.8 Å². The molecule has 0 spiro atoms. The summed E-state index contributed by atoms with van der Waals surface area (Å²) in [5.74, 6) is 0.553. The van der Waals surface area contributed by atoms with Crippen molar-refractivity contribution in [2.75, 3.05) is 6.61 Å². The normalized spacial score (nSPS) is 12.3. The highest BCUT2D eigenvalue weighted by Gasteiger charge is 2.01. The van der Waals surface area contributed by atoms with Crippen LogP contribution in [-0.4, -0.2) is 17.8 Å². The molecule has 0 aromatic rings. The maximum Gasteiger partial charge on any atom is 0.114 e. The van der Waals surface area contributed by atoms with Crippen LogP contribution >= 0.6 is 0 Å². The molecule has 0 fully saturated rings. The maximum absolute atomic E-state index is 9.09.